The third kappa shape index (κ3) is 2.57. The van der Waals surface area contributed by atoms with Gasteiger partial charge in [-0.25, -0.2) is 0 Å². The van der Waals surface area contributed by atoms with E-state index in [9.17, 15) is 9.90 Å². The lowest BCUT2D eigenvalue weighted by atomic mass is 10.00. The molecule has 0 fully saturated rings. The van der Waals surface area contributed by atoms with Crippen LogP contribution >= 0.6 is 0 Å². The number of aromatic hydroxyl groups is 1. The minimum Gasteiger partial charge on any atom is -0.508 e. The molecule has 18 heavy (non-hydrogen) atoms. The van der Waals surface area contributed by atoms with E-state index < -0.39 is 6.10 Å². The van der Waals surface area contributed by atoms with Crippen LogP contribution in [-0.4, -0.2) is 18.0 Å². The molecule has 3 heteroatoms. The van der Waals surface area contributed by atoms with Crippen molar-refractivity contribution in [2.45, 2.75) is 6.10 Å². The number of methoxy groups -OCH3 is 1. The van der Waals surface area contributed by atoms with Crippen LogP contribution in [-0.2, 0) is 4.74 Å². The molecular weight excluding hydrogens is 228 g/mol. The summed E-state index contributed by atoms with van der Waals surface area (Å²) < 4.78 is 5.26. The van der Waals surface area contributed by atoms with E-state index in [1.807, 2.05) is 18.2 Å². The first-order valence-electron chi connectivity index (χ1n) is 5.63. The average molecular weight is 242 g/mol. The second kappa shape index (κ2) is 5.47. The first kappa shape index (κ1) is 12.3. The van der Waals surface area contributed by atoms with Crippen LogP contribution in [0.15, 0.2) is 54.6 Å². The molecule has 1 atom stereocenters. The Morgan fingerprint density at radius 2 is 1.67 bits per heavy atom. The maximum atomic E-state index is 12.3. The number of carbonyl (C=O) groups is 1. The molecule has 0 heterocycles. The van der Waals surface area contributed by atoms with Crippen LogP contribution in [0.1, 0.15) is 22.0 Å². The minimum absolute atomic E-state index is 0.0937. The highest BCUT2D eigenvalue weighted by Crippen LogP contribution is 2.23. The van der Waals surface area contributed by atoms with Gasteiger partial charge in [-0.15, -0.1) is 0 Å². The standard InChI is InChI=1S/C15H14O3/c1-18-15(12-7-9-13(16)10-8-12)14(17)11-5-3-2-4-6-11/h2-10,15-16H,1H3. The molecule has 2 rings (SSSR count). The molecule has 0 aliphatic carbocycles. The van der Waals surface area contributed by atoms with Crippen molar-refractivity contribution in [1.29, 1.82) is 0 Å². The first-order valence-corrected chi connectivity index (χ1v) is 5.63. The van der Waals surface area contributed by atoms with Gasteiger partial charge in [0, 0.05) is 12.7 Å². The summed E-state index contributed by atoms with van der Waals surface area (Å²) in [5, 5.41) is 9.24. The van der Waals surface area contributed by atoms with E-state index in [0.717, 1.165) is 5.56 Å². The van der Waals surface area contributed by atoms with Gasteiger partial charge in [-0.3, -0.25) is 4.79 Å². The van der Waals surface area contributed by atoms with Crippen LogP contribution < -0.4 is 0 Å². The van der Waals surface area contributed by atoms with Crippen LogP contribution in [0.25, 0.3) is 0 Å². The highest BCUT2D eigenvalue weighted by Gasteiger charge is 2.21. The van der Waals surface area contributed by atoms with Gasteiger partial charge in [0.2, 0.25) is 0 Å². The van der Waals surface area contributed by atoms with E-state index in [0.29, 0.717) is 5.56 Å². The second-order valence-electron chi connectivity index (χ2n) is 3.94. The summed E-state index contributed by atoms with van der Waals surface area (Å²) >= 11 is 0. The lowest BCUT2D eigenvalue weighted by molar-refractivity contribution is 0.0604. The molecule has 0 saturated heterocycles. The molecule has 0 spiro atoms. The van der Waals surface area contributed by atoms with E-state index in [-0.39, 0.29) is 11.5 Å². The molecule has 0 aromatic heterocycles. The first-order chi connectivity index (χ1) is 8.72. The van der Waals surface area contributed by atoms with Gasteiger partial charge < -0.3 is 9.84 Å². The van der Waals surface area contributed by atoms with Crippen molar-refractivity contribution in [3.05, 3.63) is 65.7 Å². The predicted molar refractivity (Wildman–Crippen MR) is 68.6 cm³/mol. The molecule has 0 saturated carbocycles. The number of ketones is 1. The SMILES string of the molecule is COC(C(=O)c1ccccc1)c1ccc(O)cc1. The smallest absolute Gasteiger partial charge is 0.196 e. The number of hydrogen-bond acceptors (Lipinski definition) is 3. The van der Waals surface area contributed by atoms with Crippen LogP contribution in [0.2, 0.25) is 0 Å². The summed E-state index contributed by atoms with van der Waals surface area (Å²) in [6, 6.07) is 15.5. The minimum atomic E-state index is -0.645. The fourth-order valence-corrected chi connectivity index (χ4v) is 1.80. The van der Waals surface area contributed by atoms with E-state index in [4.69, 9.17) is 4.74 Å². The maximum absolute atomic E-state index is 12.3. The van der Waals surface area contributed by atoms with E-state index >= 15 is 0 Å². The Morgan fingerprint density at radius 1 is 1.06 bits per heavy atom. The van der Waals surface area contributed by atoms with Gasteiger partial charge in [0.15, 0.2) is 5.78 Å². The molecule has 0 aliphatic heterocycles. The van der Waals surface area contributed by atoms with E-state index in [1.165, 1.54) is 7.11 Å². The molecule has 0 aliphatic rings. The molecule has 0 amide bonds. The number of benzene rings is 2. The number of phenolic OH excluding ortho intramolecular Hbond substituents is 1. The van der Waals surface area contributed by atoms with Crippen molar-refractivity contribution in [2.75, 3.05) is 7.11 Å². The Morgan fingerprint density at radius 3 is 2.22 bits per heavy atom. The van der Waals surface area contributed by atoms with Crippen molar-refractivity contribution in [3.8, 4) is 5.75 Å². The van der Waals surface area contributed by atoms with Crippen LogP contribution in [0.4, 0.5) is 0 Å². The van der Waals surface area contributed by atoms with Gasteiger partial charge in [-0.2, -0.15) is 0 Å². The Hall–Kier alpha value is -2.13. The summed E-state index contributed by atoms with van der Waals surface area (Å²) in [7, 11) is 1.50. The van der Waals surface area contributed by atoms with E-state index in [1.54, 1.807) is 36.4 Å². The number of hydrogen-bond donors (Lipinski definition) is 1. The number of carbonyl (C=O) groups excluding carboxylic acids is 1. The normalized spacial score (nSPS) is 12.1. The summed E-state index contributed by atoms with van der Waals surface area (Å²) in [4.78, 5) is 12.3. The summed E-state index contributed by atoms with van der Waals surface area (Å²) in [6.45, 7) is 0. The molecule has 92 valence electrons. The Bertz CT molecular complexity index is 517. The Labute approximate surface area is 106 Å². The zero-order valence-electron chi connectivity index (χ0n) is 10.0. The summed E-state index contributed by atoms with van der Waals surface area (Å²) in [5.41, 5.74) is 1.33. The van der Waals surface area contributed by atoms with Crippen molar-refractivity contribution < 1.29 is 14.6 Å². The van der Waals surface area contributed by atoms with Gasteiger partial charge in [-0.05, 0) is 17.7 Å². The lowest BCUT2D eigenvalue weighted by Crippen LogP contribution is -2.14. The van der Waals surface area contributed by atoms with Gasteiger partial charge in [0.05, 0.1) is 0 Å². The van der Waals surface area contributed by atoms with Gasteiger partial charge >= 0.3 is 0 Å². The molecule has 2 aromatic rings. The number of phenols is 1. The van der Waals surface area contributed by atoms with Gasteiger partial charge in [0.1, 0.15) is 11.9 Å². The summed E-state index contributed by atoms with van der Waals surface area (Å²) in [5.74, 6) is 0.0737. The van der Waals surface area contributed by atoms with Crippen LogP contribution in [0, 0.1) is 0 Å². The highest BCUT2D eigenvalue weighted by molar-refractivity contribution is 6.00. The van der Waals surface area contributed by atoms with Gasteiger partial charge in [-0.1, -0.05) is 42.5 Å². The van der Waals surface area contributed by atoms with Crippen molar-refractivity contribution >= 4 is 5.78 Å². The zero-order chi connectivity index (χ0) is 13.0. The lowest BCUT2D eigenvalue weighted by Gasteiger charge is -2.14. The molecule has 3 nitrogen and oxygen atoms in total. The molecular formula is C15H14O3. The Kier molecular flexibility index (Phi) is 3.75. The molecule has 0 bridgehead atoms. The fraction of sp³-hybridized carbons (Fsp3) is 0.133. The van der Waals surface area contributed by atoms with Gasteiger partial charge in [0.25, 0.3) is 0 Å². The zero-order valence-corrected chi connectivity index (χ0v) is 10.0. The molecule has 2 aromatic carbocycles. The van der Waals surface area contributed by atoms with Crippen molar-refractivity contribution in [2.24, 2.45) is 0 Å². The predicted octanol–water partition coefficient (Wildman–Crippen LogP) is 2.96. The van der Waals surface area contributed by atoms with Crippen LogP contribution in [0.5, 0.6) is 5.75 Å². The number of ether oxygens (including phenoxy) is 1. The average Bonchev–Trinajstić information content (AvgIpc) is 2.42. The third-order valence-electron chi connectivity index (χ3n) is 2.73. The van der Waals surface area contributed by atoms with Crippen molar-refractivity contribution in [1.82, 2.24) is 0 Å². The van der Waals surface area contributed by atoms with E-state index in [2.05, 4.69) is 0 Å². The molecule has 0 radical (unpaired) electrons. The quantitative estimate of drug-likeness (QED) is 0.838. The number of Topliss-reactive ketones (excluding diaryl/α,β-unsaturated/α-hetero) is 1. The highest BCUT2D eigenvalue weighted by atomic mass is 16.5. The maximum Gasteiger partial charge on any atom is 0.196 e. The largest absolute Gasteiger partial charge is 0.508 e. The molecule has 1 N–H and O–H groups in total. The monoisotopic (exact) mass is 242 g/mol. The summed E-state index contributed by atoms with van der Waals surface area (Å²) in [6.07, 6.45) is -0.645. The van der Waals surface area contributed by atoms with Crippen LogP contribution in [0.3, 0.4) is 0 Å². The fourth-order valence-electron chi connectivity index (χ4n) is 1.80. The second-order valence-corrected chi connectivity index (χ2v) is 3.94. The van der Waals surface area contributed by atoms with Crippen molar-refractivity contribution in [3.63, 3.8) is 0 Å². The third-order valence-corrected chi connectivity index (χ3v) is 2.73. The Balaban J connectivity index is 2.29. The molecule has 1 unspecified atom stereocenters. The number of rotatable bonds is 4. The topological polar surface area (TPSA) is 46.5 Å².